The van der Waals surface area contributed by atoms with Crippen molar-refractivity contribution in [1.82, 2.24) is 0 Å². The minimum Gasteiger partial charge on any atom is -0.388 e. The molecule has 1 rings (SSSR count). The highest BCUT2D eigenvalue weighted by atomic mass is 79.9. The highest BCUT2D eigenvalue weighted by Crippen LogP contribution is 2.19. The van der Waals surface area contributed by atoms with Crippen LogP contribution in [-0.4, -0.2) is 7.05 Å². The number of rotatable bonds is 1. The normalized spacial score (nSPS) is 8.08. The van der Waals surface area contributed by atoms with Crippen LogP contribution in [0.1, 0.15) is 5.56 Å². The summed E-state index contributed by atoms with van der Waals surface area (Å²) in [6.45, 7) is 2.08. The number of benzene rings is 1. The largest absolute Gasteiger partial charge is 0.388 e. The van der Waals surface area contributed by atoms with Crippen LogP contribution >= 0.6 is 15.9 Å². The molecule has 1 aromatic rings. The molecule has 0 aromatic heterocycles. The molecule has 64 valence electrons. The van der Waals surface area contributed by atoms with Gasteiger partial charge in [0.15, 0.2) is 0 Å². The zero-order valence-electron chi connectivity index (χ0n) is 7.26. The first-order valence-corrected chi connectivity index (χ1v) is 4.30. The molecule has 1 nitrogen and oxygen atoms in total. The zero-order valence-corrected chi connectivity index (χ0v) is 8.85. The Morgan fingerprint density at radius 2 is 1.92 bits per heavy atom. The summed E-state index contributed by atoms with van der Waals surface area (Å²) in [5.41, 5.74) is 2.44. The lowest BCUT2D eigenvalue weighted by Crippen LogP contribution is -1.90. The summed E-state index contributed by atoms with van der Waals surface area (Å²) >= 11 is 3.40. The van der Waals surface area contributed by atoms with Gasteiger partial charge in [0.2, 0.25) is 0 Å². The van der Waals surface area contributed by atoms with Crippen LogP contribution in [0.5, 0.6) is 0 Å². The van der Waals surface area contributed by atoms with E-state index in [-0.39, 0.29) is 0 Å². The monoisotopic (exact) mass is 225 g/mol. The summed E-state index contributed by atoms with van der Waals surface area (Å²) in [5, 5.41) is 3.11. The number of terminal acetylenes is 1. The molecule has 0 spiro atoms. The molecule has 0 unspecified atom stereocenters. The van der Waals surface area contributed by atoms with Crippen LogP contribution in [0.4, 0.5) is 5.69 Å². The summed E-state index contributed by atoms with van der Waals surface area (Å²) < 4.78 is 1.11. The predicted octanol–water partition coefficient (Wildman–Crippen LogP) is 3.05. The minimum absolute atomic E-state index is 1.11. The van der Waals surface area contributed by atoms with E-state index >= 15 is 0 Å². The van der Waals surface area contributed by atoms with E-state index in [0.29, 0.717) is 0 Å². The SMILES string of the molecule is C#C.CNc1cc(Br)ccc1C. The van der Waals surface area contributed by atoms with Gasteiger partial charge in [-0.15, -0.1) is 12.8 Å². The second-order valence-corrected chi connectivity index (χ2v) is 3.12. The average Bonchev–Trinajstić information content (AvgIpc) is 2.13. The molecule has 0 saturated heterocycles. The van der Waals surface area contributed by atoms with Gasteiger partial charge in [-0.1, -0.05) is 22.0 Å². The first-order chi connectivity index (χ1) is 5.74. The first-order valence-electron chi connectivity index (χ1n) is 3.51. The standard InChI is InChI=1S/C8H10BrN.C2H2/c1-6-3-4-7(9)5-8(6)10-2;1-2/h3-5,10H,1-2H3;1-2H. The third-order valence-corrected chi connectivity index (χ3v) is 1.96. The molecule has 0 fully saturated rings. The summed E-state index contributed by atoms with van der Waals surface area (Å²) in [4.78, 5) is 0. The third-order valence-electron chi connectivity index (χ3n) is 1.47. The second kappa shape index (κ2) is 5.68. The first kappa shape index (κ1) is 11.1. The van der Waals surface area contributed by atoms with E-state index in [1.165, 1.54) is 11.3 Å². The number of nitrogens with one attached hydrogen (secondary N) is 1. The molecule has 0 atom stereocenters. The molecular weight excluding hydrogens is 214 g/mol. The maximum absolute atomic E-state index is 4.00. The van der Waals surface area contributed by atoms with Gasteiger partial charge >= 0.3 is 0 Å². The van der Waals surface area contributed by atoms with Crippen LogP contribution in [-0.2, 0) is 0 Å². The maximum Gasteiger partial charge on any atom is 0.0378 e. The Hall–Kier alpha value is -0.940. The lowest BCUT2D eigenvalue weighted by molar-refractivity contribution is 1.39. The van der Waals surface area contributed by atoms with Crippen molar-refractivity contribution >= 4 is 21.6 Å². The van der Waals surface area contributed by atoms with Gasteiger partial charge in [-0.3, -0.25) is 0 Å². The van der Waals surface area contributed by atoms with Gasteiger partial charge in [0.25, 0.3) is 0 Å². The fraction of sp³-hybridized carbons (Fsp3) is 0.200. The predicted molar refractivity (Wildman–Crippen MR) is 58.3 cm³/mol. The van der Waals surface area contributed by atoms with Crippen LogP contribution in [0.3, 0.4) is 0 Å². The van der Waals surface area contributed by atoms with Gasteiger partial charge in [-0.2, -0.15) is 0 Å². The van der Waals surface area contributed by atoms with Crippen LogP contribution in [0, 0.1) is 19.8 Å². The number of anilines is 1. The Labute approximate surface area is 82.3 Å². The van der Waals surface area contributed by atoms with Crippen molar-refractivity contribution in [1.29, 1.82) is 0 Å². The van der Waals surface area contributed by atoms with E-state index in [4.69, 9.17) is 0 Å². The topological polar surface area (TPSA) is 12.0 Å². The van der Waals surface area contributed by atoms with E-state index in [0.717, 1.165) is 4.47 Å². The van der Waals surface area contributed by atoms with Crippen molar-refractivity contribution in [3.8, 4) is 12.8 Å². The third kappa shape index (κ3) is 2.98. The van der Waals surface area contributed by atoms with Gasteiger partial charge in [0.05, 0.1) is 0 Å². The Balaban J connectivity index is 0.000000561. The molecule has 0 aliphatic rings. The second-order valence-electron chi connectivity index (χ2n) is 2.21. The van der Waals surface area contributed by atoms with Crippen LogP contribution in [0.15, 0.2) is 22.7 Å². The van der Waals surface area contributed by atoms with Crippen molar-refractivity contribution < 1.29 is 0 Å². The van der Waals surface area contributed by atoms with Gasteiger partial charge < -0.3 is 5.32 Å². The molecule has 0 aliphatic heterocycles. The molecule has 2 heteroatoms. The van der Waals surface area contributed by atoms with Gasteiger partial charge in [0, 0.05) is 17.2 Å². The maximum atomic E-state index is 4.00. The van der Waals surface area contributed by atoms with Crippen molar-refractivity contribution in [2.45, 2.75) is 6.92 Å². The van der Waals surface area contributed by atoms with E-state index in [1.54, 1.807) is 0 Å². The van der Waals surface area contributed by atoms with Gasteiger partial charge in [-0.05, 0) is 24.6 Å². The minimum atomic E-state index is 1.11. The Morgan fingerprint density at radius 1 is 1.33 bits per heavy atom. The Kier molecular flexibility index (Phi) is 5.23. The van der Waals surface area contributed by atoms with Crippen molar-refractivity contribution in [2.24, 2.45) is 0 Å². The molecule has 0 aliphatic carbocycles. The quantitative estimate of drug-likeness (QED) is 0.725. The molecule has 0 radical (unpaired) electrons. The summed E-state index contributed by atoms with van der Waals surface area (Å²) in [7, 11) is 1.93. The van der Waals surface area contributed by atoms with Crippen LogP contribution < -0.4 is 5.32 Å². The van der Waals surface area contributed by atoms with Crippen molar-refractivity contribution in [2.75, 3.05) is 12.4 Å². The molecule has 0 bridgehead atoms. The fourth-order valence-electron chi connectivity index (χ4n) is 0.864. The number of hydrogen-bond acceptors (Lipinski definition) is 1. The molecule has 0 amide bonds. The molecule has 1 aromatic carbocycles. The molecular formula is C10H12BrN. The summed E-state index contributed by atoms with van der Waals surface area (Å²) in [6.07, 6.45) is 8.00. The molecule has 1 N–H and O–H groups in total. The fourth-order valence-corrected chi connectivity index (χ4v) is 1.22. The van der Waals surface area contributed by atoms with Crippen molar-refractivity contribution in [3.63, 3.8) is 0 Å². The number of hydrogen-bond donors (Lipinski definition) is 1. The highest BCUT2D eigenvalue weighted by molar-refractivity contribution is 9.10. The number of halogens is 1. The molecule has 0 heterocycles. The zero-order chi connectivity index (χ0) is 9.56. The Bertz CT molecular complexity index is 266. The van der Waals surface area contributed by atoms with Crippen LogP contribution in [0.2, 0.25) is 0 Å². The lowest BCUT2D eigenvalue weighted by atomic mass is 10.2. The van der Waals surface area contributed by atoms with E-state index in [1.807, 2.05) is 13.1 Å². The molecule has 12 heavy (non-hydrogen) atoms. The van der Waals surface area contributed by atoms with Gasteiger partial charge in [0.1, 0.15) is 0 Å². The van der Waals surface area contributed by atoms with E-state index in [9.17, 15) is 0 Å². The summed E-state index contributed by atoms with van der Waals surface area (Å²) in [5.74, 6) is 0. The summed E-state index contributed by atoms with van der Waals surface area (Å²) in [6, 6.07) is 6.18. The van der Waals surface area contributed by atoms with E-state index in [2.05, 4.69) is 53.1 Å². The highest BCUT2D eigenvalue weighted by Gasteiger charge is 1.93. The Morgan fingerprint density at radius 3 is 2.33 bits per heavy atom. The van der Waals surface area contributed by atoms with Gasteiger partial charge in [-0.25, -0.2) is 0 Å². The number of aryl methyl sites for hydroxylation is 1. The smallest absolute Gasteiger partial charge is 0.0378 e. The lowest BCUT2D eigenvalue weighted by Gasteiger charge is -2.03. The molecule has 0 saturated carbocycles. The van der Waals surface area contributed by atoms with Crippen molar-refractivity contribution in [3.05, 3.63) is 28.2 Å². The van der Waals surface area contributed by atoms with Crippen LogP contribution in [0.25, 0.3) is 0 Å². The average molecular weight is 226 g/mol. The van der Waals surface area contributed by atoms with E-state index < -0.39 is 0 Å².